The van der Waals surface area contributed by atoms with E-state index in [9.17, 15) is 14.0 Å². The molecule has 132 valence electrons. The maximum atomic E-state index is 13.6. The van der Waals surface area contributed by atoms with Gasteiger partial charge in [-0.05, 0) is 24.3 Å². The van der Waals surface area contributed by atoms with Gasteiger partial charge in [0.15, 0.2) is 16.9 Å². The molecule has 0 spiro atoms. The number of hydrogen-bond donors (Lipinski definition) is 1. The fourth-order valence-electron chi connectivity index (χ4n) is 2.24. The number of thiazole rings is 1. The number of carbonyl (C=O) groups excluding carboxylic acids is 2. The molecule has 0 aliphatic carbocycles. The number of hydrogen-bond acceptors (Lipinski definition) is 6. The minimum atomic E-state index is -0.884. The smallest absolute Gasteiger partial charge is 0.358 e. The van der Waals surface area contributed by atoms with Gasteiger partial charge in [0.25, 0.3) is 0 Å². The highest BCUT2D eigenvalue weighted by Gasteiger charge is 2.23. The van der Waals surface area contributed by atoms with Crippen LogP contribution in [0.2, 0.25) is 0 Å². The van der Waals surface area contributed by atoms with Gasteiger partial charge in [-0.3, -0.25) is 9.78 Å². The standard InChI is InChI=1S/C18H14FN3O3S/c1-11(23)21-18-22-15(10-26-18)17(24)25-16(14-7-2-3-8-20-14)12-5-4-6-13(19)9-12/h2-10,16H,1H3,(H,21,22,23). The van der Waals surface area contributed by atoms with E-state index in [2.05, 4.69) is 15.3 Å². The Morgan fingerprint density at radius 2 is 2.08 bits per heavy atom. The van der Waals surface area contributed by atoms with Crippen LogP contribution in [0.3, 0.4) is 0 Å². The Morgan fingerprint density at radius 3 is 2.77 bits per heavy atom. The number of rotatable bonds is 5. The van der Waals surface area contributed by atoms with Gasteiger partial charge in [0, 0.05) is 24.1 Å². The van der Waals surface area contributed by atoms with Crippen LogP contribution in [-0.4, -0.2) is 21.8 Å². The highest BCUT2D eigenvalue weighted by Crippen LogP contribution is 2.27. The molecule has 0 bridgehead atoms. The van der Waals surface area contributed by atoms with Gasteiger partial charge in [-0.25, -0.2) is 14.2 Å². The molecule has 0 aliphatic heterocycles. The zero-order chi connectivity index (χ0) is 18.5. The molecule has 3 aromatic rings. The molecule has 2 aromatic heterocycles. The van der Waals surface area contributed by atoms with Crippen molar-refractivity contribution in [1.82, 2.24) is 9.97 Å². The van der Waals surface area contributed by atoms with Crippen molar-refractivity contribution in [3.63, 3.8) is 0 Å². The van der Waals surface area contributed by atoms with Crippen LogP contribution in [0.5, 0.6) is 0 Å². The number of ether oxygens (including phenoxy) is 1. The lowest BCUT2D eigenvalue weighted by Gasteiger charge is -2.17. The van der Waals surface area contributed by atoms with Gasteiger partial charge in [0.1, 0.15) is 5.82 Å². The Labute approximate surface area is 152 Å². The summed E-state index contributed by atoms with van der Waals surface area (Å²) in [5.74, 6) is -1.43. The van der Waals surface area contributed by atoms with E-state index in [1.165, 1.54) is 30.5 Å². The Hall–Kier alpha value is -3.13. The van der Waals surface area contributed by atoms with E-state index < -0.39 is 17.9 Å². The largest absolute Gasteiger partial charge is 0.446 e. The summed E-state index contributed by atoms with van der Waals surface area (Å²) in [7, 11) is 0. The number of nitrogens with one attached hydrogen (secondary N) is 1. The van der Waals surface area contributed by atoms with E-state index in [-0.39, 0.29) is 11.6 Å². The summed E-state index contributed by atoms with van der Waals surface area (Å²) in [6, 6.07) is 10.9. The van der Waals surface area contributed by atoms with Crippen LogP contribution in [0.25, 0.3) is 0 Å². The Bertz CT molecular complexity index is 930. The highest BCUT2D eigenvalue weighted by molar-refractivity contribution is 7.14. The summed E-state index contributed by atoms with van der Waals surface area (Å²) in [6.45, 7) is 1.35. The third-order valence-electron chi connectivity index (χ3n) is 3.33. The summed E-state index contributed by atoms with van der Waals surface area (Å²) in [5.41, 5.74) is 0.967. The van der Waals surface area contributed by atoms with Gasteiger partial charge in [-0.2, -0.15) is 0 Å². The van der Waals surface area contributed by atoms with Crippen LogP contribution in [0.1, 0.15) is 34.8 Å². The number of halogens is 1. The third kappa shape index (κ3) is 4.28. The zero-order valence-corrected chi connectivity index (χ0v) is 14.5. The maximum Gasteiger partial charge on any atom is 0.358 e. The Kier molecular flexibility index (Phi) is 5.33. The van der Waals surface area contributed by atoms with Crippen LogP contribution >= 0.6 is 11.3 Å². The molecule has 1 N–H and O–H groups in total. The first-order chi connectivity index (χ1) is 12.5. The van der Waals surface area contributed by atoms with E-state index in [4.69, 9.17) is 4.74 Å². The minimum Gasteiger partial charge on any atom is -0.446 e. The van der Waals surface area contributed by atoms with Crippen molar-refractivity contribution in [3.8, 4) is 0 Å². The molecular weight excluding hydrogens is 357 g/mol. The van der Waals surface area contributed by atoms with Gasteiger partial charge in [0.05, 0.1) is 5.69 Å². The number of anilines is 1. The van der Waals surface area contributed by atoms with Crippen LogP contribution in [-0.2, 0) is 9.53 Å². The van der Waals surface area contributed by atoms with Crippen molar-refractivity contribution in [2.75, 3.05) is 5.32 Å². The van der Waals surface area contributed by atoms with Crippen molar-refractivity contribution in [2.45, 2.75) is 13.0 Å². The summed E-state index contributed by atoms with van der Waals surface area (Å²) < 4.78 is 19.2. The third-order valence-corrected chi connectivity index (χ3v) is 4.09. The molecule has 26 heavy (non-hydrogen) atoms. The lowest BCUT2D eigenvalue weighted by molar-refractivity contribution is -0.114. The molecule has 0 saturated heterocycles. The monoisotopic (exact) mass is 371 g/mol. The second kappa shape index (κ2) is 7.83. The first-order valence-corrected chi connectivity index (χ1v) is 8.51. The average Bonchev–Trinajstić information content (AvgIpc) is 3.08. The summed E-state index contributed by atoms with van der Waals surface area (Å²) >= 11 is 1.11. The van der Waals surface area contributed by atoms with Crippen molar-refractivity contribution >= 4 is 28.3 Å². The van der Waals surface area contributed by atoms with Crippen LogP contribution in [0, 0.1) is 5.82 Å². The molecule has 1 atom stereocenters. The van der Waals surface area contributed by atoms with E-state index in [0.717, 1.165) is 11.3 Å². The van der Waals surface area contributed by atoms with Gasteiger partial charge in [-0.1, -0.05) is 18.2 Å². The van der Waals surface area contributed by atoms with Crippen LogP contribution in [0.15, 0.2) is 54.0 Å². The molecule has 0 aliphatic rings. The average molecular weight is 371 g/mol. The molecule has 1 unspecified atom stereocenters. The Balaban J connectivity index is 1.87. The number of benzene rings is 1. The predicted molar refractivity (Wildman–Crippen MR) is 94.3 cm³/mol. The second-order valence-electron chi connectivity index (χ2n) is 5.31. The molecule has 8 heteroatoms. The van der Waals surface area contributed by atoms with Crippen LogP contribution in [0.4, 0.5) is 9.52 Å². The predicted octanol–water partition coefficient (Wildman–Crippen LogP) is 3.58. The number of amides is 1. The molecule has 0 saturated carbocycles. The topological polar surface area (TPSA) is 81.2 Å². The number of aromatic nitrogens is 2. The Morgan fingerprint density at radius 1 is 1.23 bits per heavy atom. The van der Waals surface area contributed by atoms with Crippen molar-refractivity contribution in [1.29, 1.82) is 0 Å². The molecule has 2 heterocycles. The normalized spacial score (nSPS) is 11.6. The summed E-state index contributed by atoms with van der Waals surface area (Å²) in [6.07, 6.45) is 0.679. The highest BCUT2D eigenvalue weighted by atomic mass is 32.1. The van der Waals surface area contributed by atoms with Crippen molar-refractivity contribution in [2.24, 2.45) is 0 Å². The first-order valence-electron chi connectivity index (χ1n) is 7.63. The summed E-state index contributed by atoms with van der Waals surface area (Å²) in [4.78, 5) is 31.8. The van der Waals surface area contributed by atoms with Gasteiger partial charge in [0.2, 0.25) is 5.91 Å². The summed E-state index contributed by atoms with van der Waals surface area (Å²) in [5, 5.41) is 4.28. The SMILES string of the molecule is CC(=O)Nc1nc(C(=O)OC(c2cccc(F)c2)c2ccccn2)cs1. The van der Waals surface area contributed by atoms with Crippen LogP contribution < -0.4 is 5.32 Å². The molecule has 1 aromatic carbocycles. The maximum absolute atomic E-state index is 13.6. The lowest BCUT2D eigenvalue weighted by atomic mass is 10.1. The van der Waals surface area contributed by atoms with E-state index in [1.807, 2.05) is 0 Å². The lowest BCUT2D eigenvalue weighted by Crippen LogP contribution is -2.15. The van der Waals surface area contributed by atoms with E-state index in [1.54, 1.807) is 30.5 Å². The molecule has 0 radical (unpaired) electrons. The van der Waals surface area contributed by atoms with Crippen molar-refractivity contribution < 1.29 is 18.7 Å². The van der Waals surface area contributed by atoms with Gasteiger partial charge >= 0.3 is 5.97 Å². The molecular formula is C18H14FN3O3S. The molecule has 0 fully saturated rings. The van der Waals surface area contributed by atoms with E-state index in [0.29, 0.717) is 16.4 Å². The fraction of sp³-hybridized carbons (Fsp3) is 0.111. The quantitative estimate of drug-likeness (QED) is 0.693. The fourth-order valence-corrected chi connectivity index (χ4v) is 2.97. The first kappa shape index (κ1) is 17.7. The zero-order valence-electron chi connectivity index (χ0n) is 13.7. The van der Waals surface area contributed by atoms with Gasteiger partial charge in [-0.15, -0.1) is 11.3 Å². The molecule has 1 amide bonds. The number of nitrogens with zero attached hydrogens (tertiary/aromatic N) is 2. The van der Waals surface area contributed by atoms with E-state index >= 15 is 0 Å². The van der Waals surface area contributed by atoms with Gasteiger partial charge < -0.3 is 10.1 Å². The number of pyridine rings is 1. The second-order valence-corrected chi connectivity index (χ2v) is 6.17. The van der Waals surface area contributed by atoms with Crippen molar-refractivity contribution in [3.05, 3.63) is 76.8 Å². The number of esters is 1. The number of carbonyl (C=O) groups is 2. The molecule has 3 rings (SSSR count). The minimum absolute atomic E-state index is 0.0519. The molecule has 6 nitrogen and oxygen atoms in total.